The van der Waals surface area contributed by atoms with Crippen LogP contribution in [0.5, 0.6) is 0 Å². The van der Waals surface area contributed by atoms with Crippen LogP contribution >= 0.6 is 11.6 Å². The molecule has 0 aliphatic rings. The smallest absolute Gasteiger partial charge is 0.134 e. The summed E-state index contributed by atoms with van der Waals surface area (Å²) >= 11 is 6.15. The highest BCUT2D eigenvalue weighted by Gasteiger charge is 2.11. The molecule has 2 nitrogen and oxygen atoms in total. The zero-order valence-electron chi connectivity index (χ0n) is 12.2. The van der Waals surface area contributed by atoms with E-state index in [1.807, 2.05) is 37.3 Å². The molecule has 108 valence electrons. The normalized spacial score (nSPS) is 12.7. The third kappa shape index (κ3) is 3.12. The van der Waals surface area contributed by atoms with Gasteiger partial charge < -0.3 is 9.73 Å². The molecule has 3 heteroatoms. The van der Waals surface area contributed by atoms with Crippen molar-refractivity contribution in [1.82, 2.24) is 5.32 Å². The zero-order chi connectivity index (χ0) is 14.8. The van der Waals surface area contributed by atoms with Crippen molar-refractivity contribution >= 4 is 22.6 Å². The summed E-state index contributed by atoms with van der Waals surface area (Å²) in [6.07, 6.45) is 0. The topological polar surface area (TPSA) is 25.2 Å². The molecule has 0 fully saturated rings. The summed E-state index contributed by atoms with van der Waals surface area (Å²) in [5.74, 6) is 0.953. The third-order valence-corrected chi connectivity index (χ3v) is 4.13. The number of aryl methyl sites for hydroxylation is 1. The number of rotatable bonds is 4. The fourth-order valence-electron chi connectivity index (χ4n) is 2.33. The van der Waals surface area contributed by atoms with Gasteiger partial charge in [0.15, 0.2) is 0 Å². The molecule has 0 saturated heterocycles. The van der Waals surface area contributed by atoms with Gasteiger partial charge in [0.1, 0.15) is 11.3 Å². The first kappa shape index (κ1) is 14.2. The molecule has 0 spiro atoms. The second kappa shape index (κ2) is 5.92. The summed E-state index contributed by atoms with van der Waals surface area (Å²) in [5, 5.41) is 5.42. The quantitative estimate of drug-likeness (QED) is 0.712. The molecule has 0 radical (unpaired) electrons. The van der Waals surface area contributed by atoms with Crippen LogP contribution in [0.3, 0.4) is 0 Å². The molecule has 21 heavy (non-hydrogen) atoms. The predicted octanol–water partition coefficient (Wildman–Crippen LogP) is 5.25. The van der Waals surface area contributed by atoms with Gasteiger partial charge in [-0.2, -0.15) is 0 Å². The van der Waals surface area contributed by atoms with E-state index in [2.05, 4.69) is 30.4 Å². The maximum Gasteiger partial charge on any atom is 0.134 e. The fraction of sp³-hybridized carbons (Fsp3) is 0.222. The second-order valence-electron chi connectivity index (χ2n) is 5.37. The molecule has 1 heterocycles. The number of hydrogen-bond acceptors (Lipinski definition) is 2. The molecular formula is C18H18ClNO. The fourth-order valence-corrected chi connectivity index (χ4v) is 2.54. The van der Waals surface area contributed by atoms with Gasteiger partial charge in [-0.1, -0.05) is 41.9 Å². The van der Waals surface area contributed by atoms with E-state index in [1.165, 1.54) is 5.56 Å². The average molecular weight is 300 g/mol. The Morgan fingerprint density at radius 2 is 1.95 bits per heavy atom. The van der Waals surface area contributed by atoms with Crippen LogP contribution in [0.15, 0.2) is 52.9 Å². The third-order valence-electron chi connectivity index (χ3n) is 3.72. The molecule has 0 aliphatic heterocycles. The molecule has 0 aliphatic carbocycles. The minimum absolute atomic E-state index is 0.150. The first-order chi connectivity index (χ1) is 10.1. The number of fused-ring (bicyclic) bond motifs is 1. The Morgan fingerprint density at radius 1 is 1.14 bits per heavy atom. The van der Waals surface area contributed by atoms with E-state index in [-0.39, 0.29) is 6.04 Å². The van der Waals surface area contributed by atoms with Crippen molar-refractivity contribution in [2.75, 3.05) is 0 Å². The Hall–Kier alpha value is -1.77. The Balaban J connectivity index is 1.70. The van der Waals surface area contributed by atoms with Crippen LogP contribution in [-0.4, -0.2) is 0 Å². The highest BCUT2D eigenvalue weighted by molar-refractivity contribution is 6.31. The Labute approximate surface area is 129 Å². The lowest BCUT2D eigenvalue weighted by Crippen LogP contribution is -2.17. The van der Waals surface area contributed by atoms with Gasteiger partial charge in [-0.3, -0.25) is 0 Å². The van der Waals surface area contributed by atoms with E-state index in [1.54, 1.807) is 0 Å². The lowest BCUT2D eigenvalue weighted by molar-refractivity contribution is 0.451. The standard InChI is InChI=1S/C18H18ClNO/c1-12-7-8-14(9-16(12)19)11-20-13(2)18-10-15-5-3-4-6-17(15)21-18/h3-10,13,20H,11H2,1-2H3. The van der Waals surface area contributed by atoms with Gasteiger partial charge in [0.05, 0.1) is 6.04 Å². The zero-order valence-corrected chi connectivity index (χ0v) is 12.9. The summed E-state index contributed by atoms with van der Waals surface area (Å²) in [4.78, 5) is 0. The van der Waals surface area contributed by atoms with Gasteiger partial charge in [0.25, 0.3) is 0 Å². The van der Waals surface area contributed by atoms with Crippen LogP contribution < -0.4 is 5.32 Å². The van der Waals surface area contributed by atoms with E-state index in [0.29, 0.717) is 0 Å². The molecule has 3 rings (SSSR count). The first-order valence-electron chi connectivity index (χ1n) is 7.10. The van der Waals surface area contributed by atoms with Crippen molar-refractivity contribution in [3.8, 4) is 0 Å². The number of nitrogens with one attached hydrogen (secondary N) is 1. The van der Waals surface area contributed by atoms with Crippen LogP contribution in [0.1, 0.15) is 29.9 Å². The molecule has 3 aromatic rings. The maximum atomic E-state index is 6.15. The van der Waals surface area contributed by atoms with Crippen molar-refractivity contribution in [3.63, 3.8) is 0 Å². The van der Waals surface area contributed by atoms with E-state index < -0.39 is 0 Å². The van der Waals surface area contributed by atoms with Gasteiger partial charge in [-0.15, -0.1) is 0 Å². The Morgan fingerprint density at radius 3 is 2.71 bits per heavy atom. The number of hydrogen-bond donors (Lipinski definition) is 1. The Kier molecular flexibility index (Phi) is 4.00. The second-order valence-corrected chi connectivity index (χ2v) is 5.78. The van der Waals surface area contributed by atoms with E-state index in [4.69, 9.17) is 16.0 Å². The summed E-state index contributed by atoms with van der Waals surface area (Å²) in [6, 6.07) is 16.5. The maximum absolute atomic E-state index is 6.15. The number of furan rings is 1. The monoisotopic (exact) mass is 299 g/mol. The van der Waals surface area contributed by atoms with Crippen molar-refractivity contribution in [1.29, 1.82) is 0 Å². The number of halogens is 1. The lowest BCUT2D eigenvalue weighted by atomic mass is 10.1. The Bertz CT molecular complexity index is 730. The molecule has 1 atom stereocenters. The van der Waals surface area contributed by atoms with Gasteiger partial charge in [0, 0.05) is 17.0 Å². The highest BCUT2D eigenvalue weighted by atomic mass is 35.5. The van der Waals surface area contributed by atoms with E-state index in [0.717, 1.165) is 33.9 Å². The first-order valence-corrected chi connectivity index (χ1v) is 7.48. The summed E-state index contributed by atoms with van der Waals surface area (Å²) < 4.78 is 5.87. The molecular weight excluding hydrogens is 282 g/mol. The molecule has 2 aromatic carbocycles. The van der Waals surface area contributed by atoms with Gasteiger partial charge in [-0.25, -0.2) is 0 Å². The van der Waals surface area contributed by atoms with Crippen molar-refractivity contribution in [3.05, 3.63) is 70.4 Å². The SMILES string of the molecule is Cc1ccc(CNC(C)c2cc3ccccc3o2)cc1Cl. The van der Waals surface area contributed by atoms with Crippen LogP contribution in [-0.2, 0) is 6.54 Å². The number of para-hydroxylation sites is 1. The van der Waals surface area contributed by atoms with E-state index in [9.17, 15) is 0 Å². The van der Waals surface area contributed by atoms with Crippen LogP contribution in [0, 0.1) is 6.92 Å². The summed E-state index contributed by atoms with van der Waals surface area (Å²) in [7, 11) is 0. The van der Waals surface area contributed by atoms with Crippen LogP contribution in [0.4, 0.5) is 0 Å². The molecule has 0 amide bonds. The molecule has 0 saturated carbocycles. The summed E-state index contributed by atoms with van der Waals surface area (Å²) in [6.45, 7) is 4.88. The van der Waals surface area contributed by atoms with Gasteiger partial charge in [0.2, 0.25) is 0 Å². The van der Waals surface area contributed by atoms with Crippen molar-refractivity contribution < 1.29 is 4.42 Å². The lowest BCUT2D eigenvalue weighted by Gasteiger charge is -2.12. The van der Waals surface area contributed by atoms with E-state index >= 15 is 0 Å². The predicted molar refractivity (Wildman–Crippen MR) is 87.7 cm³/mol. The van der Waals surface area contributed by atoms with Crippen LogP contribution in [0.2, 0.25) is 5.02 Å². The average Bonchev–Trinajstić information content (AvgIpc) is 2.92. The minimum Gasteiger partial charge on any atom is -0.459 e. The molecule has 1 N–H and O–H groups in total. The van der Waals surface area contributed by atoms with Gasteiger partial charge in [-0.05, 0) is 43.2 Å². The largest absolute Gasteiger partial charge is 0.459 e. The minimum atomic E-state index is 0.150. The van der Waals surface area contributed by atoms with Crippen molar-refractivity contribution in [2.24, 2.45) is 0 Å². The summed E-state index contributed by atoms with van der Waals surface area (Å²) in [5.41, 5.74) is 3.21. The highest BCUT2D eigenvalue weighted by Crippen LogP contribution is 2.24. The molecule has 1 unspecified atom stereocenters. The van der Waals surface area contributed by atoms with Crippen molar-refractivity contribution in [2.45, 2.75) is 26.4 Å². The molecule has 1 aromatic heterocycles. The molecule has 0 bridgehead atoms. The number of benzene rings is 2. The van der Waals surface area contributed by atoms with Gasteiger partial charge >= 0.3 is 0 Å². The van der Waals surface area contributed by atoms with Crippen LogP contribution in [0.25, 0.3) is 11.0 Å².